The van der Waals surface area contributed by atoms with E-state index in [9.17, 15) is 9.90 Å². The van der Waals surface area contributed by atoms with Gasteiger partial charge in [0.2, 0.25) is 5.91 Å². The Hall–Kier alpha value is -1.72. The molecule has 1 aromatic carbocycles. The van der Waals surface area contributed by atoms with Crippen LogP contribution in [0, 0.1) is 5.92 Å². The highest BCUT2D eigenvalue weighted by Crippen LogP contribution is 2.46. The van der Waals surface area contributed by atoms with Gasteiger partial charge in [0, 0.05) is 35.9 Å². The number of carbonyl (C=O) groups is 1. The number of thiazole rings is 1. The van der Waals surface area contributed by atoms with Crippen molar-refractivity contribution in [2.75, 3.05) is 13.1 Å². The molecule has 4 rings (SSSR count). The molecule has 0 radical (unpaired) electrons. The molecule has 2 aliphatic rings. The number of piperidine rings is 1. The van der Waals surface area contributed by atoms with Crippen LogP contribution in [-0.2, 0) is 11.2 Å². The quantitative estimate of drug-likeness (QED) is 0.650. The Balaban J connectivity index is 1.48. The Bertz CT molecular complexity index is 812. The number of rotatable bonds is 7. The van der Waals surface area contributed by atoms with E-state index in [-0.39, 0.29) is 12.0 Å². The predicted octanol–water partition coefficient (Wildman–Crippen LogP) is 5.02. The van der Waals surface area contributed by atoms with Crippen LogP contribution in [0.2, 0.25) is 0 Å². The van der Waals surface area contributed by atoms with Crippen molar-refractivity contribution in [2.24, 2.45) is 5.92 Å². The second-order valence-corrected chi connectivity index (χ2v) is 9.66. The first-order valence-electron chi connectivity index (χ1n) is 11.2. The molecule has 0 spiro atoms. The molecule has 1 N–H and O–H groups in total. The molecule has 5 heteroatoms. The molecule has 1 aromatic heterocycles. The maximum absolute atomic E-state index is 12.9. The molecule has 4 nitrogen and oxygen atoms in total. The summed E-state index contributed by atoms with van der Waals surface area (Å²) in [6.07, 6.45) is 7.60. The van der Waals surface area contributed by atoms with Crippen LogP contribution >= 0.6 is 11.3 Å². The van der Waals surface area contributed by atoms with Gasteiger partial charge in [-0.15, -0.1) is 11.3 Å². The number of aliphatic hydroxyl groups is 1. The van der Waals surface area contributed by atoms with Crippen molar-refractivity contribution < 1.29 is 9.90 Å². The minimum Gasteiger partial charge on any atom is -0.393 e. The summed E-state index contributed by atoms with van der Waals surface area (Å²) in [6.45, 7) is 3.64. The molecule has 1 saturated heterocycles. The Morgan fingerprint density at radius 3 is 2.69 bits per heavy atom. The molecule has 1 amide bonds. The fraction of sp³-hybridized carbons (Fsp3) is 0.583. The molecule has 2 unspecified atom stereocenters. The smallest absolute Gasteiger partial charge is 0.222 e. The van der Waals surface area contributed by atoms with Crippen molar-refractivity contribution in [3.8, 4) is 10.6 Å². The molecule has 0 bridgehead atoms. The number of amides is 1. The van der Waals surface area contributed by atoms with Crippen LogP contribution in [0.4, 0.5) is 0 Å². The fourth-order valence-electron chi connectivity index (χ4n) is 4.78. The van der Waals surface area contributed by atoms with E-state index >= 15 is 0 Å². The molecule has 2 aromatic rings. The second kappa shape index (κ2) is 9.40. The largest absolute Gasteiger partial charge is 0.393 e. The summed E-state index contributed by atoms with van der Waals surface area (Å²) in [7, 11) is 0. The first kappa shape index (κ1) is 20.5. The summed E-state index contributed by atoms with van der Waals surface area (Å²) in [5.41, 5.74) is 2.45. The minimum absolute atomic E-state index is 0.236. The highest BCUT2D eigenvalue weighted by Gasteiger charge is 2.37. The molecule has 2 heterocycles. The number of likely N-dealkylation sites (tertiary alicyclic amines) is 1. The molecule has 0 saturated carbocycles. The van der Waals surface area contributed by atoms with Crippen LogP contribution in [0.5, 0.6) is 0 Å². The van der Waals surface area contributed by atoms with Gasteiger partial charge in [0.05, 0.1) is 11.8 Å². The Morgan fingerprint density at radius 2 is 1.97 bits per heavy atom. The monoisotopic (exact) mass is 412 g/mol. The van der Waals surface area contributed by atoms with Gasteiger partial charge < -0.3 is 10.0 Å². The van der Waals surface area contributed by atoms with Gasteiger partial charge in [-0.25, -0.2) is 4.98 Å². The zero-order chi connectivity index (χ0) is 20.2. The van der Waals surface area contributed by atoms with Crippen LogP contribution in [0.1, 0.15) is 68.4 Å². The van der Waals surface area contributed by atoms with Gasteiger partial charge in [0.1, 0.15) is 5.01 Å². The zero-order valence-electron chi connectivity index (χ0n) is 17.3. The summed E-state index contributed by atoms with van der Waals surface area (Å²) in [5.74, 6) is 1.05. The Morgan fingerprint density at radius 1 is 1.21 bits per heavy atom. The maximum atomic E-state index is 12.9. The number of benzene rings is 1. The summed E-state index contributed by atoms with van der Waals surface area (Å²) < 4.78 is 0. The first-order chi connectivity index (χ1) is 14.2. The Kier molecular flexibility index (Phi) is 6.66. The fourth-order valence-corrected chi connectivity index (χ4v) is 6.01. The molecule has 2 atom stereocenters. The van der Waals surface area contributed by atoms with E-state index in [4.69, 9.17) is 4.98 Å². The van der Waals surface area contributed by atoms with Crippen molar-refractivity contribution in [1.29, 1.82) is 0 Å². The van der Waals surface area contributed by atoms with Crippen LogP contribution in [0.3, 0.4) is 0 Å². The number of aromatic nitrogens is 1. The van der Waals surface area contributed by atoms with E-state index < -0.39 is 0 Å². The third-order valence-electron chi connectivity index (χ3n) is 6.49. The van der Waals surface area contributed by atoms with Crippen molar-refractivity contribution in [3.63, 3.8) is 0 Å². The van der Waals surface area contributed by atoms with Gasteiger partial charge in [-0.2, -0.15) is 0 Å². The molecular weight excluding hydrogens is 380 g/mol. The van der Waals surface area contributed by atoms with Crippen molar-refractivity contribution in [2.45, 2.75) is 70.3 Å². The van der Waals surface area contributed by atoms with Crippen molar-refractivity contribution in [1.82, 2.24) is 9.88 Å². The normalized spacial score (nSPS) is 22.1. The van der Waals surface area contributed by atoms with E-state index in [1.807, 2.05) is 22.3 Å². The maximum Gasteiger partial charge on any atom is 0.222 e. The number of hydrogen-bond donors (Lipinski definition) is 1. The molecule has 1 aliphatic carbocycles. The molecular formula is C24H32N2O2S. The van der Waals surface area contributed by atoms with E-state index in [1.54, 1.807) is 0 Å². The molecule has 1 aliphatic heterocycles. The summed E-state index contributed by atoms with van der Waals surface area (Å²) in [6, 6.07) is 10.4. The van der Waals surface area contributed by atoms with Crippen LogP contribution < -0.4 is 0 Å². The van der Waals surface area contributed by atoms with Crippen LogP contribution in [0.25, 0.3) is 10.6 Å². The predicted molar refractivity (Wildman–Crippen MR) is 118 cm³/mol. The molecule has 1 fully saturated rings. The lowest BCUT2D eigenvalue weighted by molar-refractivity contribution is -0.134. The number of unbranched alkanes of at least 4 members (excludes halogenated alkanes) is 2. The van der Waals surface area contributed by atoms with Gasteiger partial charge in [0.25, 0.3) is 0 Å². The van der Waals surface area contributed by atoms with E-state index in [2.05, 4.69) is 31.2 Å². The minimum atomic E-state index is -0.236. The molecule has 29 heavy (non-hydrogen) atoms. The third kappa shape index (κ3) is 4.72. The average molecular weight is 413 g/mol. The Labute approximate surface area is 178 Å². The van der Waals surface area contributed by atoms with E-state index in [1.165, 1.54) is 35.4 Å². The highest BCUT2D eigenvalue weighted by molar-refractivity contribution is 7.15. The number of fused-ring (bicyclic) bond motifs is 1. The van der Waals surface area contributed by atoms with Crippen LogP contribution in [-0.4, -0.2) is 40.1 Å². The second-order valence-electron chi connectivity index (χ2n) is 8.58. The standard InChI is InChI=1S/C24H32N2O2S/c1-2-3-5-10-20-18(16-22(28)26-13-11-19(27)12-14-26)15-21-23(20)25-24(29-21)17-8-6-4-7-9-17/h4,6-9,18-20,27H,2-3,5,10-16H2,1H3. The van der Waals surface area contributed by atoms with Crippen molar-refractivity contribution in [3.05, 3.63) is 40.9 Å². The van der Waals surface area contributed by atoms with E-state index in [0.29, 0.717) is 44.2 Å². The lowest BCUT2D eigenvalue weighted by atomic mass is 9.86. The summed E-state index contributed by atoms with van der Waals surface area (Å²) >= 11 is 1.82. The van der Waals surface area contributed by atoms with Gasteiger partial charge in [0.15, 0.2) is 0 Å². The highest BCUT2D eigenvalue weighted by atomic mass is 32.1. The SMILES string of the molecule is CCCCCC1c2nc(-c3ccccc3)sc2CC1CC(=O)N1CCC(O)CC1. The topological polar surface area (TPSA) is 53.4 Å². The van der Waals surface area contributed by atoms with Crippen molar-refractivity contribution >= 4 is 17.2 Å². The lowest BCUT2D eigenvalue weighted by Crippen LogP contribution is -2.41. The van der Waals surface area contributed by atoms with Gasteiger partial charge in [-0.05, 0) is 31.6 Å². The summed E-state index contributed by atoms with van der Waals surface area (Å²) in [4.78, 5) is 21.3. The lowest BCUT2D eigenvalue weighted by Gasteiger charge is -2.31. The molecule has 156 valence electrons. The number of aliphatic hydroxyl groups excluding tert-OH is 1. The first-order valence-corrected chi connectivity index (χ1v) is 12.0. The summed E-state index contributed by atoms with van der Waals surface area (Å²) in [5, 5.41) is 10.8. The van der Waals surface area contributed by atoms with E-state index in [0.717, 1.165) is 17.8 Å². The third-order valence-corrected chi connectivity index (χ3v) is 7.63. The van der Waals surface area contributed by atoms with Crippen LogP contribution in [0.15, 0.2) is 30.3 Å². The number of hydrogen-bond acceptors (Lipinski definition) is 4. The van der Waals surface area contributed by atoms with Gasteiger partial charge in [-0.1, -0.05) is 56.5 Å². The zero-order valence-corrected chi connectivity index (χ0v) is 18.2. The van der Waals surface area contributed by atoms with Gasteiger partial charge in [-0.3, -0.25) is 4.79 Å². The van der Waals surface area contributed by atoms with Gasteiger partial charge >= 0.3 is 0 Å². The average Bonchev–Trinajstić information content (AvgIpc) is 3.28. The number of nitrogens with zero attached hydrogens (tertiary/aromatic N) is 2. The number of carbonyl (C=O) groups excluding carboxylic acids is 1.